The second-order valence-electron chi connectivity index (χ2n) is 6.21. The molecule has 0 spiro atoms. The van der Waals surface area contributed by atoms with Gasteiger partial charge in [-0.05, 0) is 49.2 Å². The Hall–Kier alpha value is -2.53. The van der Waals surface area contributed by atoms with E-state index in [1.165, 1.54) is 23.6 Å². The van der Waals surface area contributed by atoms with E-state index in [9.17, 15) is 9.59 Å². The Morgan fingerprint density at radius 2 is 1.88 bits per heavy atom. The summed E-state index contributed by atoms with van der Waals surface area (Å²) in [6.07, 6.45) is 1.50. The molecule has 4 nitrogen and oxygen atoms in total. The second-order valence-corrected chi connectivity index (χ2v) is 7.28. The SMILES string of the molecule is Cc1ccc(N2C(=O)CSC2c2coc3ccccc3c2=O)cc1C. The molecule has 1 fully saturated rings. The van der Waals surface area contributed by atoms with Crippen LogP contribution in [0, 0.1) is 13.8 Å². The molecule has 1 atom stereocenters. The molecule has 0 aliphatic carbocycles. The number of hydrogen-bond acceptors (Lipinski definition) is 4. The van der Waals surface area contributed by atoms with Gasteiger partial charge in [-0.3, -0.25) is 14.5 Å². The number of carbonyl (C=O) groups is 1. The molecule has 3 aromatic rings. The molecule has 1 aromatic heterocycles. The predicted octanol–water partition coefficient (Wildman–Crippen LogP) is 4.19. The molecule has 1 aliphatic heterocycles. The maximum Gasteiger partial charge on any atom is 0.238 e. The zero-order valence-corrected chi connectivity index (χ0v) is 14.8. The third kappa shape index (κ3) is 2.65. The van der Waals surface area contributed by atoms with E-state index in [0.29, 0.717) is 22.3 Å². The molecule has 1 saturated heterocycles. The molecular weight excluding hydrogens is 334 g/mol. The fourth-order valence-corrected chi connectivity index (χ4v) is 4.24. The van der Waals surface area contributed by atoms with Crippen molar-refractivity contribution in [3.63, 3.8) is 0 Å². The van der Waals surface area contributed by atoms with Crippen LogP contribution in [-0.2, 0) is 4.79 Å². The smallest absolute Gasteiger partial charge is 0.238 e. The van der Waals surface area contributed by atoms with Gasteiger partial charge in [0.25, 0.3) is 0 Å². The Morgan fingerprint density at radius 1 is 1.08 bits per heavy atom. The van der Waals surface area contributed by atoms with Crippen LogP contribution in [0.1, 0.15) is 22.1 Å². The van der Waals surface area contributed by atoms with Crippen LogP contribution in [0.4, 0.5) is 5.69 Å². The summed E-state index contributed by atoms with van der Waals surface area (Å²) in [6.45, 7) is 4.06. The number of hydrogen-bond donors (Lipinski definition) is 0. The molecule has 2 aromatic carbocycles. The standard InChI is InChI=1S/C20H17NO3S/c1-12-7-8-14(9-13(12)2)21-18(22)11-25-20(21)16-10-24-17-6-4-3-5-15(17)19(16)23/h3-10,20H,11H2,1-2H3. The van der Waals surface area contributed by atoms with Crippen LogP contribution in [-0.4, -0.2) is 11.7 Å². The zero-order chi connectivity index (χ0) is 17.6. The average Bonchev–Trinajstić information content (AvgIpc) is 2.99. The summed E-state index contributed by atoms with van der Waals surface area (Å²) in [4.78, 5) is 27.1. The number of fused-ring (bicyclic) bond motifs is 1. The van der Waals surface area contributed by atoms with Crippen LogP contribution in [0.15, 0.2) is 57.9 Å². The highest BCUT2D eigenvalue weighted by Crippen LogP contribution is 2.41. The lowest BCUT2D eigenvalue weighted by Crippen LogP contribution is -2.30. The minimum Gasteiger partial charge on any atom is -0.464 e. The number of anilines is 1. The van der Waals surface area contributed by atoms with Gasteiger partial charge in [0, 0.05) is 5.69 Å². The Labute approximate surface area is 149 Å². The van der Waals surface area contributed by atoms with Crippen LogP contribution in [0.3, 0.4) is 0 Å². The van der Waals surface area contributed by atoms with E-state index in [1.807, 2.05) is 44.2 Å². The van der Waals surface area contributed by atoms with Crippen molar-refractivity contribution in [2.45, 2.75) is 19.2 Å². The number of para-hydroxylation sites is 1. The number of thioether (sulfide) groups is 1. The summed E-state index contributed by atoms with van der Waals surface area (Å²) in [5, 5.41) is 0.176. The van der Waals surface area contributed by atoms with E-state index in [2.05, 4.69) is 0 Å². The molecule has 2 heterocycles. The van der Waals surface area contributed by atoms with E-state index in [1.54, 1.807) is 17.0 Å². The third-order valence-electron chi connectivity index (χ3n) is 4.61. The van der Waals surface area contributed by atoms with Crippen molar-refractivity contribution in [3.05, 3.63) is 75.6 Å². The number of benzene rings is 2. The minimum atomic E-state index is -0.365. The molecule has 5 heteroatoms. The maximum absolute atomic E-state index is 12.9. The van der Waals surface area contributed by atoms with Crippen LogP contribution < -0.4 is 10.3 Å². The van der Waals surface area contributed by atoms with E-state index in [4.69, 9.17) is 4.42 Å². The Balaban J connectivity index is 1.84. The van der Waals surface area contributed by atoms with Gasteiger partial charge in [0.05, 0.1) is 16.7 Å². The van der Waals surface area contributed by atoms with Crippen LogP contribution >= 0.6 is 11.8 Å². The summed E-state index contributed by atoms with van der Waals surface area (Å²) in [7, 11) is 0. The maximum atomic E-state index is 12.9. The Bertz CT molecular complexity index is 1040. The van der Waals surface area contributed by atoms with Gasteiger partial charge in [0.2, 0.25) is 5.91 Å². The highest BCUT2D eigenvalue weighted by atomic mass is 32.2. The molecule has 0 saturated carbocycles. The predicted molar refractivity (Wildman–Crippen MR) is 101 cm³/mol. The fourth-order valence-electron chi connectivity index (χ4n) is 3.07. The number of aryl methyl sites for hydroxylation is 2. The van der Waals surface area contributed by atoms with Crippen LogP contribution in [0.5, 0.6) is 0 Å². The molecule has 0 bridgehead atoms. The Morgan fingerprint density at radius 3 is 2.68 bits per heavy atom. The molecule has 0 N–H and O–H groups in total. The quantitative estimate of drug-likeness (QED) is 0.695. The van der Waals surface area contributed by atoms with E-state index in [0.717, 1.165) is 11.3 Å². The topological polar surface area (TPSA) is 50.5 Å². The van der Waals surface area contributed by atoms with Crippen molar-refractivity contribution in [2.75, 3.05) is 10.7 Å². The largest absolute Gasteiger partial charge is 0.464 e. The Kier molecular flexibility index (Phi) is 3.88. The molecule has 1 aliphatic rings. The lowest BCUT2D eigenvalue weighted by molar-refractivity contribution is -0.115. The number of rotatable bonds is 2. The molecular formula is C20H17NO3S. The van der Waals surface area contributed by atoms with Gasteiger partial charge >= 0.3 is 0 Å². The summed E-state index contributed by atoms with van der Waals surface area (Å²) in [5.74, 6) is 0.356. The highest BCUT2D eigenvalue weighted by Gasteiger charge is 2.36. The molecule has 25 heavy (non-hydrogen) atoms. The number of nitrogens with zero attached hydrogens (tertiary/aromatic N) is 1. The van der Waals surface area contributed by atoms with Crippen molar-refractivity contribution in [1.82, 2.24) is 0 Å². The highest BCUT2D eigenvalue weighted by molar-refractivity contribution is 8.00. The first kappa shape index (κ1) is 16.0. The molecule has 126 valence electrons. The third-order valence-corrected chi connectivity index (χ3v) is 5.80. The second kappa shape index (κ2) is 6.08. The van der Waals surface area contributed by atoms with Gasteiger partial charge in [-0.25, -0.2) is 0 Å². The fraction of sp³-hybridized carbons (Fsp3) is 0.200. The zero-order valence-electron chi connectivity index (χ0n) is 14.0. The lowest BCUT2D eigenvalue weighted by atomic mass is 10.1. The van der Waals surface area contributed by atoms with Gasteiger partial charge in [-0.15, -0.1) is 11.8 Å². The summed E-state index contributed by atoms with van der Waals surface area (Å²) in [5.41, 5.74) is 4.09. The van der Waals surface area contributed by atoms with Gasteiger partial charge < -0.3 is 4.42 Å². The van der Waals surface area contributed by atoms with Gasteiger partial charge in [0.1, 0.15) is 17.2 Å². The van der Waals surface area contributed by atoms with Gasteiger partial charge in [0.15, 0.2) is 5.43 Å². The van der Waals surface area contributed by atoms with Crippen LogP contribution in [0.2, 0.25) is 0 Å². The number of carbonyl (C=O) groups excluding carboxylic acids is 1. The first-order valence-corrected chi connectivity index (χ1v) is 9.12. The molecule has 0 radical (unpaired) electrons. The van der Waals surface area contributed by atoms with Crippen molar-refractivity contribution in [3.8, 4) is 0 Å². The summed E-state index contributed by atoms with van der Waals surface area (Å²) >= 11 is 1.46. The lowest BCUT2D eigenvalue weighted by Gasteiger charge is -2.24. The van der Waals surface area contributed by atoms with Crippen molar-refractivity contribution < 1.29 is 9.21 Å². The van der Waals surface area contributed by atoms with E-state index in [-0.39, 0.29) is 16.7 Å². The van der Waals surface area contributed by atoms with Gasteiger partial charge in [-0.2, -0.15) is 0 Å². The molecule has 1 unspecified atom stereocenters. The van der Waals surface area contributed by atoms with Crippen molar-refractivity contribution >= 4 is 34.3 Å². The monoisotopic (exact) mass is 351 g/mol. The normalized spacial score (nSPS) is 17.4. The summed E-state index contributed by atoms with van der Waals surface area (Å²) < 4.78 is 5.65. The molecule has 4 rings (SSSR count). The van der Waals surface area contributed by atoms with Crippen molar-refractivity contribution in [1.29, 1.82) is 0 Å². The van der Waals surface area contributed by atoms with Crippen LogP contribution in [0.25, 0.3) is 11.0 Å². The van der Waals surface area contributed by atoms with E-state index < -0.39 is 0 Å². The van der Waals surface area contributed by atoms with Gasteiger partial charge in [-0.1, -0.05) is 18.2 Å². The minimum absolute atomic E-state index is 0.00538. The van der Waals surface area contributed by atoms with E-state index >= 15 is 0 Å². The number of amides is 1. The first-order chi connectivity index (χ1) is 12.1. The molecule has 1 amide bonds. The van der Waals surface area contributed by atoms with Crippen molar-refractivity contribution in [2.24, 2.45) is 0 Å². The summed E-state index contributed by atoms with van der Waals surface area (Å²) in [6, 6.07) is 13.1. The first-order valence-electron chi connectivity index (χ1n) is 8.07. The average molecular weight is 351 g/mol.